The normalized spacial score (nSPS) is 10.6. The molecule has 0 bridgehead atoms. The number of amides is 2. The maximum Gasteiger partial charge on any atom is 0.251 e. The van der Waals surface area contributed by atoms with Crippen LogP contribution >= 0.6 is 0 Å². The Morgan fingerprint density at radius 1 is 0.815 bits per heavy atom. The Bertz CT molecular complexity index is 938. The second-order valence-electron chi connectivity index (χ2n) is 6.29. The highest BCUT2D eigenvalue weighted by Gasteiger charge is 2.07. The van der Waals surface area contributed by atoms with Crippen molar-refractivity contribution >= 4 is 22.6 Å². The van der Waals surface area contributed by atoms with Crippen LogP contribution in [0.5, 0.6) is 0 Å². The Kier molecular flexibility index (Phi) is 6.15. The van der Waals surface area contributed by atoms with Crippen LogP contribution in [0.1, 0.15) is 22.3 Å². The van der Waals surface area contributed by atoms with Crippen molar-refractivity contribution in [2.75, 3.05) is 13.1 Å². The van der Waals surface area contributed by atoms with Gasteiger partial charge < -0.3 is 10.6 Å². The van der Waals surface area contributed by atoms with Gasteiger partial charge in [0.05, 0.1) is 0 Å². The summed E-state index contributed by atoms with van der Waals surface area (Å²) in [6.07, 6.45) is 0.845. The van der Waals surface area contributed by atoms with Crippen LogP contribution in [-0.2, 0) is 11.2 Å². The molecule has 0 atom stereocenters. The minimum atomic E-state index is -0.273. The first-order valence-electron chi connectivity index (χ1n) is 8.90. The second kappa shape index (κ2) is 8.94. The fourth-order valence-corrected chi connectivity index (χ4v) is 2.81. The zero-order valence-electron chi connectivity index (χ0n) is 14.9. The molecule has 138 valence electrons. The highest BCUT2D eigenvalue weighted by molar-refractivity contribution is 5.98. The Balaban J connectivity index is 1.39. The number of halogens is 1. The Morgan fingerprint density at radius 2 is 1.56 bits per heavy atom. The summed E-state index contributed by atoms with van der Waals surface area (Å²) in [5.41, 5.74) is 1.53. The van der Waals surface area contributed by atoms with Gasteiger partial charge in [-0.3, -0.25) is 9.59 Å². The molecule has 4 nitrogen and oxygen atoms in total. The van der Waals surface area contributed by atoms with Gasteiger partial charge in [0.25, 0.3) is 5.91 Å². The predicted molar refractivity (Wildman–Crippen MR) is 104 cm³/mol. The lowest BCUT2D eigenvalue weighted by Gasteiger charge is -2.08. The number of fused-ring (bicyclic) bond motifs is 1. The van der Waals surface area contributed by atoms with Gasteiger partial charge in [0.1, 0.15) is 5.82 Å². The third-order valence-electron chi connectivity index (χ3n) is 4.30. The molecule has 0 radical (unpaired) electrons. The number of benzene rings is 3. The summed E-state index contributed by atoms with van der Waals surface area (Å²) < 4.78 is 12.8. The number of hydrogen-bond donors (Lipinski definition) is 2. The molecule has 0 unspecified atom stereocenters. The van der Waals surface area contributed by atoms with Crippen LogP contribution < -0.4 is 10.6 Å². The van der Waals surface area contributed by atoms with E-state index in [-0.39, 0.29) is 30.6 Å². The van der Waals surface area contributed by atoms with Gasteiger partial charge in [0, 0.05) is 25.1 Å². The van der Waals surface area contributed by atoms with Gasteiger partial charge in [-0.2, -0.15) is 0 Å². The van der Waals surface area contributed by atoms with Crippen LogP contribution in [0, 0.1) is 5.82 Å². The van der Waals surface area contributed by atoms with Crippen LogP contribution in [0.2, 0.25) is 0 Å². The van der Waals surface area contributed by atoms with Crippen LogP contribution in [0.15, 0.2) is 66.7 Å². The first-order chi connectivity index (χ1) is 13.1. The van der Waals surface area contributed by atoms with E-state index in [2.05, 4.69) is 10.6 Å². The molecule has 3 rings (SSSR count). The molecule has 0 saturated heterocycles. The predicted octanol–water partition coefficient (Wildman–Crippen LogP) is 3.46. The monoisotopic (exact) mass is 364 g/mol. The molecule has 3 aromatic carbocycles. The molecule has 0 aliphatic carbocycles. The lowest BCUT2D eigenvalue weighted by Crippen LogP contribution is -2.31. The maximum absolute atomic E-state index is 12.8. The third kappa shape index (κ3) is 5.38. The quantitative estimate of drug-likeness (QED) is 0.675. The van der Waals surface area contributed by atoms with E-state index in [1.807, 2.05) is 36.4 Å². The van der Waals surface area contributed by atoms with Gasteiger partial charge in [0.2, 0.25) is 5.91 Å². The largest absolute Gasteiger partial charge is 0.356 e. The van der Waals surface area contributed by atoms with E-state index in [0.29, 0.717) is 18.5 Å². The van der Waals surface area contributed by atoms with Gasteiger partial charge >= 0.3 is 0 Å². The van der Waals surface area contributed by atoms with Gasteiger partial charge in [-0.15, -0.1) is 0 Å². The molecule has 0 fully saturated rings. The molecule has 0 heterocycles. The summed E-state index contributed by atoms with van der Waals surface area (Å²) >= 11 is 0. The van der Waals surface area contributed by atoms with E-state index in [4.69, 9.17) is 0 Å². The second-order valence-corrected chi connectivity index (χ2v) is 6.29. The lowest BCUT2D eigenvalue weighted by molar-refractivity contribution is -0.120. The SMILES string of the molecule is O=C(CCNC(=O)c1ccc2ccccc2c1)NCCc1ccc(F)cc1. The van der Waals surface area contributed by atoms with Crippen molar-refractivity contribution in [3.8, 4) is 0 Å². The summed E-state index contributed by atoms with van der Waals surface area (Å²) in [4.78, 5) is 24.1. The molecule has 0 aromatic heterocycles. The van der Waals surface area contributed by atoms with E-state index in [9.17, 15) is 14.0 Å². The fraction of sp³-hybridized carbons (Fsp3) is 0.182. The van der Waals surface area contributed by atoms with Crippen LogP contribution in [0.25, 0.3) is 10.8 Å². The number of nitrogens with one attached hydrogen (secondary N) is 2. The number of hydrogen-bond acceptors (Lipinski definition) is 2. The van der Waals surface area contributed by atoms with Crippen molar-refractivity contribution in [2.45, 2.75) is 12.8 Å². The molecule has 2 amide bonds. The van der Waals surface area contributed by atoms with E-state index in [1.54, 1.807) is 18.2 Å². The van der Waals surface area contributed by atoms with E-state index in [0.717, 1.165) is 16.3 Å². The van der Waals surface area contributed by atoms with E-state index < -0.39 is 0 Å². The van der Waals surface area contributed by atoms with Gasteiger partial charge in [0.15, 0.2) is 0 Å². The van der Waals surface area contributed by atoms with E-state index in [1.165, 1.54) is 12.1 Å². The molecule has 3 aromatic rings. The van der Waals surface area contributed by atoms with Crippen molar-refractivity contribution in [3.05, 3.63) is 83.7 Å². The minimum absolute atomic E-state index is 0.129. The van der Waals surface area contributed by atoms with Crippen molar-refractivity contribution in [2.24, 2.45) is 0 Å². The minimum Gasteiger partial charge on any atom is -0.356 e. The molecular formula is C22H21FN2O2. The standard InChI is InChI=1S/C22H21FN2O2/c23-20-9-5-16(6-10-20)11-13-24-21(26)12-14-25-22(27)19-8-7-17-3-1-2-4-18(17)15-19/h1-10,15H,11-14H2,(H,24,26)(H,25,27). The molecule has 27 heavy (non-hydrogen) atoms. The first-order valence-corrected chi connectivity index (χ1v) is 8.90. The molecule has 0 aliphatic heterocycles. The zero-order chi connectivity index (χ0) is 19.1. The average molecular weight is 364 g/mol. The summed E-state index contributed by atoms with van der Waals surface area (Å²) in [6, 6.07) is 19.6. The van der Waals surface area contributed by atoms with Crippen LogP contribution in [0.4, 0.5) is 4.39 Å². The summed E-state index contributed by atoms with van der Waals surface area (Å²) in [5.74, 6) is -0.597. The summed E-state index contributed by atoms with van der Waals surface area (Å²) in [5, 5.41) is 7.65. The topological polar surface area (TPSA) is 58.2 Å². The van der Waals surface area contributed by atoms with Crippen molar-refractivity contribution in [1.82, 2.24) is 10.6 Å². The highest BCUT2D eigenvalue weighted by atomic mass is 19.1. The molecule has 2 N–H and O–H groups in total. The van der Waals surface area contributed by atoms with Crippen molar-refractivity contribution in [1.29, 1.82) is 0 Å². The molecule has 0 saturated carbocycles. The number of carbonyl (C=O) groups is 2. The molecule has 5 heteroatoms. The van der Waals surface area contributed by atoms with Gasteiger partial charge in [-0.1, -0.05) is 42.5 Å². The summed E-state index contributed by atoms with van der Waals surface area (Å²) in [6.45, 7) is 0.747. The molecular weight excluding hydrogens is 343 g/mol. The van der Waals surface area contributed by atoms with Gasteiger partial charge in [-0.05, 0) is 47.0 Å². The Labute approximate surface area is 157 Å². The third-order valence-corrected chi connectivity index (χ3v) is 4.30. The first kappa shape index (κ1) is 18.6. The van der Waals surface area contributed by atoms with Crippen LogP contribution in [0.3, 0.4) is 0 Å². The fourth-order valence-electron chi connectivity index (χ4n) is 2.81. The lowest BCUT2D eigenvalue weighted by atomic mass is 10.1. The Morgan fingerprint density at radius 3 is 2.33 bits per heavy atom. The Hall–Kier alpha value is -3.21. The summed E-state index contributed by atoms with van der Waals surface area (Å²) in [7, 11) is 0. The maximum atomic E-state index is 12.8. The molecule has 0 spiro atoms. The number of carbonyl (C=O) groups excluding carboxylic acids is 2. The number of rotatable bonds is 7. The van der Waals surface area contributed by atoms with Crippen molar-refractivity contribution in [3.63, 3.8) is 0 Å². The zero-order valence-corrected chi connectivity index (χ0v) is 14.9. The average Bonchev–Trinajstić information content (AvgIpc) is 2.69. The van der Waals surface area contributed by atoms with Crippen LogP contribution in [-0.4, -0.2) is 24.9 Å². The smallest absolute Gasteiger partial charge is 0.251 e. The molecule has 0 aliphatic rings. The van der Waals surface area contributed by atoms with E-state index >= 15 is 0 Å². The van der Waals surface area contributed by atoms with Crippen molar-refractivity contribution < 1.29 is 14.0 Å². The highest BCUT2D eigenvalue weighted by Crippen LogP contribution is 2.15. The van der Waals surface area contributed by atoms with Gasteiger partial charge in [-0.25, -0.2) is 4.39 Å².